The molecule has 0 unspecified atom stereocenters. The summed E-state index contributed by atoms with van der Waals surface area (Å²) in [4.78, 5) is 14.7. The van der Waals surface area contributed by atoms with Gasteiger partial charge in [0, 0.05) is 12.6 Å². The number of aryl methyl sites for hydroxylation is 1. The average molecular weight is 255 g/mol. The summed E-state index contributed by atoms with van der Waals surface area (Å²) in [6.45, 7) is 2.48. The molecular formula is C11H17N3O2S. The summed E-state index contributed by atoms with van der Waals surface area (Å²) in [6, 6.07) is 0.311. The fraction of sp³-hybridized carbons (Fsp3) is 0.727. The van der Waals surface area contributed by atoms with E-state index in [4.69, 9.17) is 5.11 Å². The predicted octanol–water partition coefficient (Wildman–Crippen LogP) is 1.09. The summed E-state index contributed by atoms with van der Waals surface area (Å²) < 4.78 is 3.87. The molecule has 1 aromatic heterocycles. The first kappa shape index (κ1) is 12.4. The van der Waals surface area contributed by atoms with Crippen LogP contribution >= 0.6 is 11.5 Å². The highest BCUT2D eigenvalue weighted by Crippen LogP contribution is 2.29. The first-order valence-corrected chi connectivity index (χ1v) is 6.78. The van der Waals surface area contributed by atoms with Gasteiger partial charge in [-0.1, -0.05) is 17.8 Å². The second-order valence-electron chi connectivity index (χ2n) is 4.25. The summed E-state index contributed by atoms with van der Waals surface area (Å²) >= 11 is 1.16. The van der Waals surface area contributed by atoms with E-state index >= 15 is 0 Å². The van der Waals surface area contributed by atoms with Crippen LogP contribution in [0, 0.1) is 0 Å². The predicted molar refractivity (Wildman–Crippen MR) is 65.0 cm³/mol. The first-order chi connectivity index (χ1) is 8.27. The zero-order valence-electron chi connectivity index (χ0n) is 9.93. The van der Waals surface area contributed by atoms with E-state index in [2.05, 4.69) is 16.5 Å². The fourth-order valence-electron chi connectivity index (χ4n) is 1.85. The Bertz CT molecular complexity index is 390. The quantitative estimate of drug-likeness (QED) is 0.826. The third-order valence-electron chi connectivity index (χ3n) is 2.83. The van der Waals surface area contributed by atoms with Gasteiger partial charge in [0.2, 0.25) is 0 Å². The molecule has 17 heavy (non-hydrogen) atoms. The largest absolute Gasteiger partial charge is 0.395 e. The molecule has 0 aromatic carbocycles. The Morgan fingerprint density at radius 1 is 1.59 bits per heavy atom. The van der Waals surface area contributed by atoms with Gasteiger partial charge in [-0.05, 0) is 30.8 Å². The molecule has 1 saturated carbocycles. The van der Waals surface area contributed by atoms with Crippen LogP contribution in [0.2, 0.25) is 0 Å². The second kappa shape index (κ2) is 5.55. The number of aliphatic hydroxyl groups excluding tert-OH is 1. The molecule has 6 heteroatoms. The second-order valence-corrected chi connectivity index (χ2v) is 5.01. The van der Waals surface area contributed by atoms with Crippen molar-refractivity contribution < 1.29 is 9.90 Å². The van der Waals surface area contributed by atoms with E-state index in [1.54, 1.807) is 4.90 Å². The van der Waals surface area contributed by atoms with Crippen LogP contribution in [-0.2, 0) is 6.42 Å². The number of aliphatic hydroxyl groups is 1. The molecule has 0 spiro atoms. The fourth-order valence-corrected chi connectivity index (χ4v) is 2.51. The number of carbonyl (C=O) groups excluding carboxylic acids is 1. The van der Waals surface area contributed by atoms with Crippen LogP contribution in [0.5, 0.6) is 0 Å². The van der Waals surface area contributed by atoms with Gasteiger partial charge < -0.3 is 10.0 Å². The van der Waals surface area contributed by atoms with Crippen molar-refractivity contribution in [1.82, 2.24) is 14.5 Å². The Hall–Kier alpha value is -1.01. The molecular weight excluding hydrogens is 238 g/mol. The monoisotopic (exact) mass is 255 g/mol. The van der Waals surface area contributed by atoms with Crippen molar-refractivity contribution in [2.75, 3.05) is 13.2 Å². The first-order valence-electron chi connectivity index (χ1n) is 6.01. The Kier molecular flexibility index (Phi) is 4.06. The van der Waals surface area contributed by atoms with Crippen molar-refractivity contribution in [2.45, 2.75) is 38.6 Å². The minimum Gasteiger partial charge on any atom is -0.395 e. The van der Waals surface area contributed by atoms with Crippen LogP contribution in [0.15, 0.2) is 0 Å². The lowest BCUT2D eigenvalue weighted by molar-refractivity contribution is 0.0711. The molecule has 1 heterocycles. The highest BCUT2D eigenvalue weighted by molar-refractivity contribution is 7.08. The smallest absolute Gasteiger partial charge is 0.267 e. The molecule has 0 atom stereocenters. The van der Waals surface area contributed by atoms with Crippen LogP contribution in [0.4, 0.5) is 0 Å². The number of rotatable bonds is 6. The number of amides is 1. The van der Waals surface area contributed by atoms with Gasteiger partial charge in [-0.3, -0.25) is 4.79 Å². The Balaban J connectivity index is 2.13. The molecule has 1 fully saturated rings. The molecule has 0 bridgehead atoms. The molecule has 0 radical (unpaired) electrons. The standard InChI is InChI=1S/C11H17N3O2S/c1-2-3-9-10(17-13-12-9)11(16)14(6-7-15)8-4-5-8/h8,15H,2-7H2,1H3. The van der Waals surface area contributed by atoms with E-state index in [-0.39, 0.29) is 12.5 Å². The molecule has 0 aliphatic heterocycles. The van der Waals surface area contributed by atoms with Crippen molar-refractivity contribution in [3.05, 3.63) is 10.6 Å². The zero-order valence-corrected chi connectivity index (χ0v) is 10.7. The van der Waals surface area contributed by atoms with E-state index < -0.39 is 0 Å². The lowest BCUT2D eigenvalue weighted by atomic mass is 10.2. The Morgan fingerprint density at radius 2 is 2.35 bits per heavy atom. The summed E-state index contributed by atoms with van der Waals surface area (Å²) in [7, 11) is 0. The van der Waals surface area contributed by atoms with Crippen molar-refractivity contribution in [1.29, 1.82) is 0 Å². The van der Waals surface area contributed by atoms with Gasteiger partial charge in [0.25, 0.3) is 5.91 Å². The molecule has 1 aliphatic rings. The summed E-state index contributed by atoms with van der Waals surface area (Å²) in [5.74, 6) is -0.0139. The lowest BCUT2D eigenvalue weighted by Gasteiger charge is -2.20. The van der Waals surface area contributed by atoms with Gasteiger partial charge in [-0.15, -0.1) is 5.10 Å². The van der Waals surface area contributed by atoms with Crippen molar-refractivity contribution in [3.63, 3.8) is 0 Å². The molecule has 2 rings (SSSR count). The minimum absolute atomic E-state index is 0.0115. The molecule has 0 saturated heterocycles. The van der Waals surface area contributed by atoms with Crippen LogP contribution < -0.4 is 0 Å². The summed E-state index contributed by atoms with van der Waals surface area (Å²) in [5, 5.41) is 13.0. The van der Waals surface area contributed by atoms with Crippen LogP contribution in [0.1, 0.15) is 41.6 Å². The maximum atomic E-state index is 12.3. The molecule has 5 nitrogen and oxygen atoms in total. The van der Waals surface area contributed by atoms with E-state index in [0.29, 0.717) is 17.5 Å². The Labute approximate surface area is 105 Å². The van der Waals surface area contributed by atoms with E-state index in [1.165, 1.54) is 0 Å². The van der Waals surface area contributed by atoms with Crippen molar-refractivity contribution >= 4 is 17.4 Å². The van der Waals surface area contributed by atoms with Gasteiger partial charge in [0.15, 0.2) is 0 Å². The summed E-state index contributed by atoms with van der Waals surface area (Å²) in [5.41, 5.74) is 0.797. The van der Waals surface area contributed by atoms with Crippen LogP contribution in [0.25, 0.3) is 0 Å². The van der Waals surface area contributed by atoms with Crippen molar-refractivity contribution in [2.24, 2.45) is 0 Å². The third kappa shape index (κ3) is 2.81. The number of hydrogen-bond donors (Lipinski definition) is 1. The van der Waals surface area contributed by atoms with E-state index in [9.17, 15) is 4.79 Å². The SMILES string of the molecule is CCCc1nnsc1C(=O)N(CCO)C1CC1. The zero-order chi connectivity index (χ0) is 12.3. The molecule has 1 aliphatic carbocycles. The third-order valence-corrected chi connectivity index (χ3v) is 3.58. The van der Waals surface area contributed by atoms with Gasteiger partial charge in [0.05, 0.1) is 12.3 Å². The number of hydrogen-bond acceptors (Lipinski definition) is 5. The van der Waals surface area contributed by atoms with Crippen LogP contribution in [-0.4, -0.2) is 44.7 Å². The minimum atomic E-state index is -0.0139. The summed E-state index contributed by atoms with van der Waals surface area (Å²) in [6.07, 6.45) is 3.83. The molecule has 94 valence electrons. The van der Waals surface area contributed by atoms with Gasteiger partial charge in [0.1, 0.15) is 4.88 Å². The molecule has 1 amide bonds. The number of carbonyl (C=O) groups is 1. The Morgan fingerprint density at radius 3 is 2.94 bits per heavy atom. The topological polar surface area (TPSA) is 66.3 Å². The molecule has 1 aromatic rings. The van der Waals surface area contributed by atoms with Crippen LogP contribution in [0.3, 0.4) is 0 Å². The highest BCUT2D eigenvalue weighted by Gasteiger charge is 2.34. The highest BCUT2D eigenvalue weighted by atomic mass is 32.1. The normalized spacial score (nSPS) is 14.9. The molecule has 1 N–H and O–H groups in total. The van der Waals surface area contributed by atoms with E-state index in [0.717, 1.165) is 42.9 Å². The van der Waals surface area contributed by atoms with Gasteiger partial charge in [-0.25, -0.2) is 0 Å². The number of aromatic nitrogens is 2. The lowest BCUT2D eigenvalue weighted by Crippen LogP contribution is -2.35. The van der Waals surface area contributed by atoms with Crippen molar-refractivity contribution in [3.8, 4) is 0 Å². The average Bonchev–Trinajstić information content (AvgIpc) is 3.06. The number of nitrogens with zero attached hydrogens (tertiary/aromatic N) is 3. The van der Waals surface area contributed by atoms with E-state index in [1.807, 2.05) is 0 Å². The van der Waals surface area contributed by atoms with Gasteiger partial charge in [-0.2, -0.15) is 0 Å². The maximum absolute atomic E-state index is 12.3. The maximum Gasteiger partial charge on any atom is 0.267 e. The van der Waals surface area contributed by atoms with Gasteiger partial charge >= 0.3 is 0 Å².